The van der Waals surface area contributed by atoms with Gasteiger partial charge in [-0.05, 0) is 6.92 Å². The molecule has 6 heteroatoms. The highest BCUT2D eigenvalue weighted by atomic mass is 16.6. The summed E-state index contributed by atoms with van der Waals surface area (Å²) in [6.07, 6.45) is 2.99. The average molecular weight is 216 g/mol. The van der Waals surface area contributed by atoms with Crippen LogP contribution in [0, 0.1) is 0 Å². The van der Waals surface area contributed by atoms with E-state index in [4.69, 9.17) is 11.5 Å². The summed E-state index contributed by atoms with van der Waals surface area (Å²) in [5.41, 5.74) is 10.8. The third-order valence-corrected chi connectivity index (χ3v) is 1.45. The van der Waals surface area contributed by atoms with E-state index in [1.54, 1.807) is 13.0 Å². The van der Waals surface area contributed by atoms with Crippen molar-refractivity contribution in [2.45, 2.75) is 19.0 Å². The van der Waals surface area contributed by atoms with E-state index >= 15 is 0 Å². The summed E-state index contributed by atoms with van der Waals surface area (Å²) in [4.78, 5) is 21.8. The number of methoxy groups -OCH3 is 1. The van der Waals surface area contributed by atoms with Crippen LogP contribution in [0.3, 0.4) is 0 Å². The van der Waals surface area contributed by atoms with E-state index in [-0.39, 0.29) is 6.04 Å². The molecule has 0 amide bonds. The van der Waals surface area contributed by atoms with Crippen LogP contribution in [0.2, 0.25) is 0 Å². The molecule has 0 spiro atoms. The summed E-state index contributed by atoms with van der Waals surface area (Å²) in [5, 5.41) is 0. The Morgan fingerprint density at radius 3 is 2.40 bits per heavy atom. The maximum atomic E-state index is 11.1. The Balaban J connectivity index is 3.94. The molecule has 0 aliphatic heterocycles. The molecule has 0 fully saturated rings. The number of esters is 2. The van der Waals surface area contributed by atoms with Gasteiger partial charge >= 0.3 is 11.9 Å². The Kier molecular flexibility index (Phi) is 6.32. The summed E-state index contributed by atoms with van der Waals surface area (Å²) in [6, 6.07) is -1.11. The zero-order valence-electron chi connectivity index (χ0n) is 8.80. The summed E-state index contributed by atoms with van der Waals surface area (Å²) in [5.74, 6) is -1.33. The Morgan fingerprint density at radius 2 is 1.93 bits per heavy atom. The molecule has 0 aliphatic carbocycles. The van der Waals surface area contributed by atoms with E-state index in [2.05, 4.69) is 9.47 Å². The monoisotopic (exact) mass is 216 g/mol. The molecule has 0 saturated carbocycles. The minimum absolute atomic E-state index is 0.190. The van der Waals surface area contributed by atoms with Crippen molar-refractivity contribution < 1.29 is 19.1 Å². The molecule has 0 aliphatic rings. The number of nitrogens with two attached hydrogens (primary N) is 2. The predicted molar refractivity (Wildman–Crippen MR) is 53.7 cm³/mol. The third kappa shape index (κ3) is 6.64. The van der Waals surface area contributed by atoms with Gasteiger partial charge in [0.05, 0.1) is 7.11 Å². The van der Waals surface area contributed by atoms with Gasteiger partial charge in [-0.25, -0.2) is 4.79 Å². The molecular weight excluding hydrogens is 200 g/mol. The quantitative estimate of drug-likeness (QED) is 0.448. The van der Waals surface area contributed by atoms with Gasteiger partial charge in [-0.3, -0.25) is 4.79 Å². The summed E-state index contributed by atoms with van der Waals surface area (Å²) in [7, 11) is 1.20. The zero-order valence-corrected chi connectivity index (χ0v) is 8.80. The maximum Gasteiger partial charge on any atom is 0.344 e. The van der Waals surface area contributed by atoms with E-state index in [9.17, 15) is 9.59 Å². The Hall–Kier alpha value is -1.40. The lowest BCUT2D eigenvalue weighted by Gasteiger charge is -2.07. The fourth-order valence-electron chi connectivity index (χ4n) is 0.659. The van der Waals surface area contributed by atoms with Gasteiger partial charge < -0.3 is 20.9 Å². The van der Waals surface area contributed by atoms with Crippen molar-refractivity contribution in [3.05, 3.63) is 12.2 Å². The van der Waals surface area contributed by atoms with Gasteiger partial charge in [-0.1, -0.05) is 12.2 Å². The smallest absolute Gasteiger partial charge is 0.344 e. The summed E-state index contributed by atoms with van der Waals surface area (Å²) < 4.78 is 8.84. The topological polar surface area (TPSA) is 105 Å². The zero-order chi connectivity index (χ0) is 11.8. The lowest BCUT2D eigenvalue weighted by Crippen LogP contribution is -2.32. The molecule has 2 atom stereocenters. The second-order valence-corrected chi connectivity index (χ2v) is 2.95. The number of carbonyl (C=O) groups excluding carboxylic acids is 2. The highest BCUT2D eigenvalue weighted by Gasteiger charge is 2.13. The van der Waals surface area contributed by atoms with Gasteiger partial charge in [0.1, 0.15) is 6.04 Å². The van der Waals surface area contributed by atoms with E-state index in [1.165, 1.54) is 13.2 Å². The second-order valence-electron chi connectivity index (χ2n) is 2.95. The van der Waals surface area contributed by atoms with Crippen molar-refractivity contribution in [2.24, 2.45) is 11.5 Å². The molecule has 0 aromatic heterocycles. The molecule has 0 bridgehead atoms. The molecule has 4 N–H and O–H groups in total. The first-order chi connectivity index (χ1) is 6.97. The standard InChI is InChI=1S/C9H16N2O4/c1-6(10)3-4-7(11)9(13)15-5-8(12)14-2/h3-4,6-7H,5,10-11H2,1-2H3/b4-3-. The lowest BCUT2D eigenvalue weighted by atomic mass is 10.2. The number of hydrogen-bond acceptors (Lipinski definition) is 6. The van der Waals surface area contributed by atoms with Crippen LogP contribution in [0.1, 0.15) is 6.92 Å². The van der Waals surface area contributed by atoms with Crippen LogP contribution in [-0.2, 0) is 19.1 Å². The van der Waals surface area contributed by atoms with Gasteiger partial charge in [0.2, 0.25) is 0 Å². The number of rotatable bonds is 5. The van der Waals surface area contributed by atoms with Gasteiger partial charge in [0.25, 0.3) is 0 Å². The molecule has 6 nitrogen and oxygen atoms in total. The van der Waals surface area contributed by atoms with Crippen LogP contribution >= 0.6 is 0 Å². The van der Waals surface area contributed by atoms with Gasteiger partial charge in [-0.2, -0.15) is 0 Å². The number of hydrogen-bond donors (Lipinski definition) is 2. The van der Waals surface area contributed by atoms with Gasteiger partial charge in [0, 0.05) is 6.04 Å². The summed E-state index contributed by atoms with van der Waals surface area (Å²) >= 11 is 0. The average Bonchev–Trinajstić information content (AvgIpc) is 2.21. The Morgan fingerprint density at radius 1 is 1.33 bits per heavy atom. The van der Waals surface area contributed by atoms with E-state index in [0.717, 1.165) is 0 Å². The predicted octanol–water partition coefficient (Wildman–Crippen LogP) is -1.07. The van der Waals surface area contributed by atoms with Crippen molar-refractivity contribution in [3.63, 3.8) is 0 Å². The summed E-state index contributed by atoms with van der Waals surface area (Å²) in [6.45, 7) is 1.30. The molecule has 2 unspecified atom stereocenters. The van der Waals surface area contributed by atoms with Gasteiger partial charge in [-0.15, -0.1) is 0 Å². The van der Waals surface area contributed by atoms with Crippen molar-refractivity contribution >= 4 is 11.9 Å². The van der Waals surface area contributed by atoms with E-state index in [0.29, 0.717) is 0 Å². The Labute approximate surface area is 88.2 Å². The SMILES string of the molecule is COC(=O)COC(=O)C(N)/C=C\C(C)N. The van der Waals surface area contributed by atoms with Crippen molar-refractivity contribution in [1.29, 1.82) is 0 Å². The third-order valence-electron chi connectivity index (χ3n) is 1.45. The largest absolute Gasteiger partial charge is 0.466 e. The van der Waals surface area contributed by atoms with Crippen LogP contribution in [0.4, 0.5) is 0 Å². The first kappa shape index (κ1) is 13.6. The van der Waals surface area contributed by atoms with Crippen LogP contribution < -0.4 is 11.5 Å². The molecule has 86 valence electrons. The van der Waals surface area contributed by atoms with E-state index < -0.39 is 24.6 Å². The minimum atomic E-state index is -0.916. The van der Waals surface area contributed by atoms with Crippen LogP contribution in [0.5, 0.6) is 0 Å². The molecule has 0 radical (unpaired) electrons. The van der Waals surface area contributed by atoms with Crippen LogP contribution in [0.15, 0.2) is 12.2 Å². The van der Waals surface area contributed by atoms with Crippen molar-refractivity contribution in [1.82, 2.24) is 0 Å². The molecule has 0 saturated heterocycles. The molecule has 0 rings (SSSR count). The maximum absolute atomic E-state index is 11.1. The second kappa shape index (κ2) is 6.97. The number of ether oxygens (including phenoxy) is 2. The van der Waals surface area contributed by atoms with Crippen LogP contribution in [-0.4, -0.2) is 37.7 Å². The Bertz CT molecular complexity index is 250. The van der Waals surface area contributed by atoms with Crippen molar-refractivity contribution in [3.8, 4) is 0 Å². The molecule has 0 heterocycles. The first-order valence-electron chi connectivity index (χ1n) is 4.40. The minimum Gasteiger partial charge on any atom is -0.466 e. The van der Waals surface area contributed by atoms with Crippen LogP contribution in [0.25, 0.3) is 0 Å². The fraction of sp³-hybridized carbons (Fsp3) is 0.556. The van der Waals surface area contributed by atoms with E-state index in [1.807, 2.05) is 0 Å². The fourth-order valence-corrected chi connectivity index (χ4v) is 0.659. The normalized spacial score (nSPS) is 14.7. The highest BCUT2D eigenvalue weighted by Crippen LogP contribution is 1.90. The first-order valence-corrected chi connectivity index (χ1v) is 4.40. The molecule has 15 heavy (non-hydrogen) atoms. The van der Waals surface area contributed by atoms with Gasteiger partial charge in [0.15, 0.2) is 6.61 Å². The molecular formula is C9H16N2O4. The number of carbonyl (C=O) groups is 2. The van der Waals surface area contributed by atoms with Crippen molar-refractivity contribution in [2.75, 3.05) is 13.7 Å². The highest BCUT2D eigenvalue weighted by molar-refractivity contribution is 5.81. The lowest BCUT2D eigenvalue weighted by molar-refractivity contribution is -0.157. The molecule has 0 aromatic carbocycles. The molecule has 0 aromatic rings.